The van der Waals surface area contributed by atoms with Gasteiger partial charge in [-0.2, -0.15) is 0 Å². The van der Waals surface area contributed by atoms with Crippen molar-refractivity contribution in [2.45, 2.75) is 77.9 Å². The predicted octanol–water partition coefficient (Wildman–Crippen LogP) is 10.3. The van der Waals surface area contributed by atoms with Crippen LogP contribution in [0.5, 0.6) is 0 Å². The van der Waals surface area contributed by atoms with E-state index in [9.17, 15) is 0 Å². The minimum atomic E-state index is -1.78. The van der Waals surface area contributed by atoms with Crippen molar-refractivity contribution < 1.29 is 13.5 Å². The molecular formula is C39H47Cl2N2Ru-. The Hall–Kier alpha value is -2.29. The Bertz CT molecular complexity index is 1490. The predicted molar refractivity (Wildman–Crippen MR) is 189 cm³/mol. The number of hydrogen-bond donors (Lipinski definition) is 0. The van der Waals surface area contributed by atoms with Gasteiger partial charge in [0.1, 0.15) is 0 Å². The molecule has 1 aliphatic heterocycles. The van der Waals surface area contributed by atoms with Crippen LogP contribution in [0.3, 0.4) is 0 Å². The fraction of sp³-hybridized carbons (Fsp3) is 0.333. The van der Waals surface area contributed by atoms with Crippen LogP contribution < -0.4 is 4.90 Å². The van der Waals surface area contributed by atoms with Crippen molar-refractivity contribution in [1.29, 1.82) is 0 Å². The van der Waals surface area contributed by atoms with Gasteiger partial charge in [-0.15, -0.1) is 5.41 Å². The molecule has 1 aliphatic rings. The second kappa shape index (κ2) is 15.8. The molecule has 1 heterocycles. The maximum absolute atomic E-state index is 5.99. The number of para-hydroxylation sites is 1. The average molecular weight is 716 g/mol. The molecule has 0 spiro atoms. The summed E-state index contributed by atoms with van der Waals surface area (Å²) in [6.45, 7) is 16.0. The molecule has 1 fully saturated rings. The molecule has 0 N–H and O–H groups in total. The summed E-state index contributed by atoms with van der Waals surface area (Å²) in [4.78, 5) is 4.86. The first-order valence-corrected chi connectivity index (χ1v) is 21.0. The van der Waals surface area contributed by atoms with E-state index in [0.717, 1.165) is 37.9 Å². The van der Waals surface area contributed by atoms with Crippen molar-refractivity contribution in [3.63, 3.8) is 0 Å². The molecule has 2 nitrogen and oxygen atoms in total. The molecule has 5 heteroatoms. The molecule has 5 rings (SSSR count). The van der Waals surface area contributed by atoms with Gasteiger partial charge in [0.05, 0.1) is 0 Å². The summed E-state index contributed by atoms with van der Waals surface area (Å²) in [7, 11) is 14.1. The van der Waals surface area contributed by atoms with Crippen LogP contribution in [0.4, 0.5) is 5.69 Å². The Balaban J connectivity index is 0.000000204. The molecule has 0 aliphatic carbocycles. The van der Waals surface area contributed by atoms with E-state index in [2.05, 4.69) is 149 Å². The number of rotatable bonds is 9. The molecule has 0 bridgehead atoms. The molecule has 236 valence electrons. The molecule has 4 aromatic carbocycles. The number of halogens is 2. The summed E-state index contributed by atoms with van der Waals surface area (Å²) in [5, 5.41) is 0. The summed E-state index contributed by atoms with van der Waals surface area (Å²) in [5.41, 5.74) is 9.70. The summed E-state index contributed by atoms with van der Waals surface area (Å²) in [6.07, 6.45) is 3.28. The van der Waals surface area contributed by atoms with Gasteiger partial charge < -0.3 is 4.90 Å². The van der Waals surface area contributed by atoms with Gasteiger partial charge in [-0.05, 0) is 44.2 Å². The van der Waals surface area contributed by atoms with Crippen LogP contribution in [0.1, 0.15) is 74.4 Å². The van der Waals surface area contributed by atoms with Gasteiger partial charge in [0, 0.05) is 11.2 Å². The van der Waals surface area contributed by atoms with E-state index < -0.39 is 13.5 Å². The molecule has 0 amide bonds. The Kier molecular flexibility index (Phi) is 12.4. The zero-order chi connectivity index (χ0) is 31.7. The molecule has 1 atom stereocenters. The third-order valence-corrected chi connectivity index (χ3v) is 10.3. The second-order valence-electron chi connectivity index (χ2n) is 12.6. The van der Waals surface area contributed by atoms with E-state index in [-0.39, 0.29) is 11.0 Å². The van der Waals surface area contributed by atoms with Gasteiger partial charge in [0.25, 0.3) is 0 Å². The van der Waals surface area contributed by atoms with Crippen LogP contribution in [0.15, 0.2) is 103 Å². The molecule has 0 radical (unpaired) electrons. The van der Waals surface area contributed by atoms with Crippen LogP contribution in [0.2, 0.25) is 0 Å². The van der Waals surface area contributed by atoms with Crippen molar-refractivity contribution in [2.24, 2.45) is 0 Å². The van der Waals surface area contributed by atoms with Crippen LogP contribution in [-0.4, -0.2) is 22.1 Å². The van der Waals surface area contributed by atoms with Gasteiger partial charge in [-0.25, -0.2) is 6.54 Å². The van der Waals surface area contributed by atoms with Gasteiger partial charge in [0.15, 0.2) is 0 Å². The molecule has 0 aromatic heterocycles. The van der Waals surface area contributed by atoms with E-state index in [4.69, 9.17) is 19.4 Å². The number of benzene rings is 4. The van der Waals surface area contributed by atoms with E-state index in [1.165, 1.54) is 33.5 Å². The van der Waals surface area contributed by atoms with Gasteiger partial charge >= 0.3 is 134 Å². The van der Waals surface area contributed by atoms with Gasteiger partial charge in [-0.1, -0.05) is 74.9 Å². The van der Waals surface area contributed by atoms with Crippen LogP contribution in [-0.2, 0) is 44.9 Å². The van der Waals surface area contributed by atoms with Crippen LogP contribution >= 0.6 is 19.4 Å². The monoisotopic (exact) mass is 715 g/mol. The van der Waals surface area contributed by atoms with Crippen molar-refractivity contribution >= 4 is 29.7 Å². The molecular weight excluding hydrogens is 668 g/mol. The molecule has 1 saturated heterocycles. The summed E-state index contributed by atoms with van der Waals surface area (Å²) < 4.78 is 2.01. The quantitative estimate of drug-likeness (QED) is 0.126. The zero-order valence-corrected chi connectivity index (χ0v) is 30.3. The van der Waals surface area contributed by atoms with Crippen molar-refractivity contribution in [2.75, 3.05) is 11.9 Å². The SMILES string of the molecule is CCc1cccc(CC)c1N1[CH-]C(C)(c2ccccc2)CC1(C)C.CN(Cc1ccccc1)Cc1ccccc1[CH]=[Ru]([Cl])[Cl]. The molecule has 4 aromatic rings. The van der Waals surface area contributed by atoms with Crippen LogP contribution in [0.25, 0.3) is 0 Å². The zero-order valence-electron chi connectivity index (χ0n) is 27.0. The topological polar surface area (TPSA) is 6.48 Å². The third-order valence-electron chi connectivity index (χ3n) is 8.48. The minimum absolute atomic E-state index is 0.0800. The molecule has 44 heavy (non-hydrogen) atoms. The van der Waals surface area contributed by atoms with Crippen molar-refractivity contribution in [3.05, 3.63) is 143 Å². The summed E-state index contributed by atoms with van der Waals surface area (Å²) >= 11 is -1.78. The molecule has 1 unspecified atom stereocenters. The second-order valence-corrected chi connectivity index (χ2v) is 18.3. The van der Waals surface area contributed by atoms with Crippen molar-refractivity contribution in [1.82, 2.24) is 4.90 Å². The first-order valence-electron chi connectivity index (χ1n) is 15.5. The van der Waals surface area contributed by atoms with Crippen molar-refractivity contribution in [3.8, 4) is 0 Å². The van der Waals surface area contributed by atoms with E-state index in [0.29, 0.717) is 0 Å². The number of anilines is 1. The fourth-order valence-electron chi connectivity index (χ4n) is 6.48. The Morgan fingerprint density at radius 2 is 1.30 bits per heavy atom. The third kappa shape index (κ3) is 8.91. The standard InChI is InChI=1S/C23H30N.C16H17N.2ClH.Ru/c1-6-18-12-11-13-19(7-2)21(18)24-17-23(5,16-22(24,3)4)20-14-9-8-10-15-20;1-14-8-6-7-11-16(14)13-17(2)12-15-9-4-3-5-10-15;;;/h8-15,17H,6-7,16H2,1-5H3;1,3-11H,12-13H2,2H3;2*1H;/q-1;;;;+2/p-2. The maximum atomic E-state index is 5.99. The van der Waals surface area contributed by atoms with E-state index >= 15 is 0 Å². The van der Waals surface area contributed by atoms with E-state index in [1.54, 1.807) is 0 Å². The first kappa shape index (κ1) is 34.6. The first-order chi connectivity index (χ1) is 21.1. The number of hydrogen-bond acceptors (Lipinski definition) is 2. The Morgan fingerprint density at radius 3 is 1.89 bits per heavy atom. The van der Waals surface area contributed by atoms with Crippen LogP contribution in [0, 0.1) is 6.54 Å². The number of aryl methyl sites for hydroxylation is 2. The average Bonchev–Trinajstić information content (AvgIpc) is 3.27. The molecule has 0 saturated carbocycles. The number of nitrogens with zero attached hydrogens (tertiary/aromatic N) is 2. The normalized spacial score (nSPS) is 17.7. The van der Waals surface area contributed by atoms with Gasteiger partial charge in [0.2, 0.25) is 0 Å². The van der Waals surface area contributed by atoms with E-state index in [1.807, 2.05) is 16.7 Å². The summed E-state index contributed by atoms with van der Waals surface area (Å²) in [6, 6.07) is 36.5. The van der Waals surface area contributed by atoms with Gasteiger partial charge in [-0.3, -0.25) is 0 Å². The Labute approximate surface area is 279 Å². The fourth-order valence-corrected chi connectivity index (χ4v) is 8.36. The Morgan fingerprint density at radius 1 is 0.750 bits per heavy atom. The summed E-state index contributed by atoms with van der Waals surface area (Å²) in [5.74, 6) is 0.